The first-order valence-electron chi connectivity index (χ1n) is 6.59. The molecule has 16 heavy (non-hydrogen) atoms. The van der Waals surface area contributed by atoms with Crippen molar-refractivity contribution in [1.82, 2.24) is 5.32 Å². The molecule has 0 aromatic carbocycles. The Hall–Kier alpha value is -0.120. The van der Waals surface area contributed by atoms with Gasteiger partial charge in [0.15, 0.2) is 0 Å². The molecule has 3 nitrogen and oxygen atoms in total. The fourth-order valence-corrected chi connectivity index (χ4v) is 2.57. The van der Waals surface area contributed by atoms with Gasteiger partial charge in [0.25, 0.3) is 0 Å². The molecule has 0 amide bonds. The van der Waals surface area contributed by atoms with Gasteiger partial charge in [-0.15, -0.1) is 0 Å². The predicted molar refractivity (Wildman–Crippen MR) is 66.7 cm³/mol. The molecule has 1 rings (SSSR count). The minimum Gasteiger partial charge on any atom is -0.382 e. The van der Waals surface area contributed by atoms with E-state index >= 15 is 0 Å². The maximum atomic E-state index is 6.12. The first kappa shape index (κ1) is 13.9. The molecule has 1 N–H and O–H groups in total. The molecule has 3 atom stereocenters. The molecule has 0 radical (unpaired) electrons. The summed E-state index contributed by atoms with van der Waals surface area (Å²) in [5.41, 5.74) is 0. The van der Waals surface area contributed by atoms with Crippen LogP contribution in [0.3, 0.4) is 0 Å². The molecular weight excluding hydrogens is 202 g/mol. The van der Waals surface area contributed by atoms with Gasteiger partial charge in [0.1, 0.15) is 0 Å². The number of ether oxygens (including phenoxy) is 2. The normalized spacial score (nSPS) is 27.9. The van der Waals surface area contributed by atoms with E-state index < -0.39 is 0 Å². The largest absolute Gasteiger partial charge is 0.382 e. The summed E-state index contributed by atoms with van der Waals surface area (Å²) in [5.74, 6) is 0.872. The van der Waals surface area contributed by atoms with Gasteiger partial charge in [-0.3, -0.25) is 0 Å². The fourth-order valence-electron chi connectivity index (χ4n) is 2.57. The minimum absolute atomic E-state index is 0.204. The van der Waals surface area contributed by atoms with Crippen molar-refractivity contribution in [2.24, 2.45) is 5.92 Å². The third-order valence-electron chi connectivity index (χ3n) is 3.48. The van der Waals surface area contributed by atoms with E-state index in [0.29, 0.717) is 12.7 Å². The highest BCUT2D eigenvalue weighted by Crippen LogP contribution is 2.28. The van der Waals surface area contributed by atoms with Gasteiger partial charge in [-0.2, -0.15) is 0 Å². The summed E-state index contributed by atoms with van der Waals surface area (Å²) in [6, 6.07) is 0. The van der Waals surface area contributed by atoms with Crippen molar-refractivity contribution < 1.29 is 9.47 Å². The van der Waals surface area contributed by atoms with E-state index in [2.05, 4.69) is 12.2 Å². The molecule has 1 aliphatic rings. The van der Waals surface area contributed by atoms with Crippen LogP contribution >= 0.6 is 0 Å². The fraction of sp³-hybridized carbons (Fsp3) is 1.00. The van der Waals surface area contributed by atoms with Crippen LogP contribution in [0.2, 0.25) is 0 Å². The highest BCUT2D eigenvalue weighted by molar-refractivity contribution is 4.74. The van der Waals surface area contributed by atoms with Crippen molar-refractivity contribution in [3.05, 3.63) is 0 Å². The number of rotatable bonds is 7. The monoisotopic (exact) mass is 229 g/mol. The van der Waals surface area contributed by atoms with Crippen LogP contribution in [0, 0.1) is 5.92 Å². The minimum atomic E-state index is 0.204. The van der Waals surface area contributed by atoms with Gasteiger partial charge >= 0.3 is 0 Å². The summed E-state index contributed by atoms with van der Waals surface area (Å²) >= 11 is 0. The van der Waals surface area contributed by atoms with Gasteiger partial charge in [0.05, 0.1) is 18.8 Å². The van der Waals surface area contributed by atoms with Crippen molar-refractivity contribution in [3.63, 3.8) is 0 Å². The Labute approximate surface area is 99.9 Å². The molecule has 0 saturated heterocycles. The average molecular weight is 229 g/mol. The zero-order valence-electron chi connectivity index (χ0n) is 11.0. The van der Waals surface area contributed by atoms with Crippen LogP contribution < -0.4 is 5.32 Å². The van der Waals surface area contributed by atoms with E-state index in [9.17, 15) is 0 Å². The summed E-state index contributed by atoms with van der Waals surface area (Å²) in [6.07, 6.45) is 7.12. The topological polar surface area (TPSA) is 30.5 Å². The van der Waals surface area contributed by atoms with Crippen LogP contribution in [0.1, 0.15) is 39.0 Å². The number of likely N-dealkylation sites (N-methyl/N-ethyl adjacent to an activating group) is 1. The van der Waals surface area contributed by atoms with Crippen LogP contribution in [-0.4, -0.2) is 39.5 Å². The van der Waals surface area contributed by atoms with E-state index in [4.69, 9.17) is 9.47 Å². The molecule has 3 heteroatoms. The summed E-state index contributed by atoms with van der Waals surface area (Å²) in [4.78, 5) is 0. The Kier molecular flexibility index (Phi) is 7.01. The quantitative estimate of drug-likeness (QED) is 0.726. The van der Waals surface area contributed by atoms with E-state index in [-0.39, 0.29) is 6.10 Å². The van der Waals surface area contributed by atoms with Crippen molar-refractivity contribution in [3.8, 4) is 0 Å². The molecule has 1 aliphatic carbocycles. The maximum Gasteiger partial charge on any atom is 0.0935 e. The second-order valence-corrected chi connectivity index (χ2v) is 4.83. The molecule has 1 fully saturated rings. The first-order valence-corrected chi connectivity index (χ1v) is 6.59. The highest BCUT2D eigenvalue weighted by Gasteiger charge is 2.23. The van der Waals surface area contributed by atoms with Crippen molar-refractivity contribution >= 4 is 0 Å². The average Bonchev–Trinajstić information content (AvgIpc) is 2.30. The lowest BCUT2D eigenvalue weighted by molar-refractivity contribution is -0.0666. The van der Waals surface area contributed by atoms with E-state index in [1.165, 1.54) is 32.1 Å². The van der Waals surface area contributed by atoms with Gasteiger partial charge in [0.2, 0.25) is 0 Å². The highest BCUT2D eigenvalue weighted by atomic mass is 16.5. The maximum absolute atomic E-state index is 6.12. The zero-order chi connectivity index (χ0) is 11.8. The van der Waals surface area contributed by atoms with Crippen LogP contribution in [0.5, 0.6) is 0 Å². The Bertz CT molecular complexity index is 169. The van der Waals surface area contributed by atoms with Crippen molar-refractivity contribution in [2.75, 3.05) is 27.3 Å². The van der Waals surface area contributed by atoms with Gasteiger partial charge in [-0.05, 0) is 25.8 Å². The Balaban J connectivity index is 2.31. The molecule has 0 aliphatic heterocycles. The smallest absolute Gasteiger partial charge is 0.0935 e. The molecule has 0 heterocycles. The van der Waals surface area contributed by atoms with Crippen LogP contribution in [0.4, 0.5) is 0 Å². The first-order chi connectivity index (χ1) is 7.80. The van der Waals surface area contributed by atoms with Crippen LogP contribution in [0.25, 0.3) is 0 Å². The molecular formula is C13H27NO2. The molecule has 0 bridgehead atoms. The standard InChI is InChI=1S/C13H27NO2/c1-4-11-6-5-7-12(8-11)16-13(9-14-2)10-15-3/h11-14H,4-10H2,1-3H3. The molecule has 1 saturated carbocycles. The van der Waals surface area contributed by atoms with Gasteiger partial charge in [-0.1, -0.05) is 26.2 Å². The Morgan fingerprint density at radius 1 is 1.38 bits per heavy atom. The molecule has 96 valence electrons. The summed E-state index contributed by atoms with van der Waals surface area (Å²) in [5, 5.41) is 3.16. The summed E-state index contributed by atoms with van der Waals surface area (Å²) < 4.78 is 11.3. The van der Waals surface area contributed by atoms with E-state index in [1.54, 1.807) is 7.11 Å². The van der Waals surface area contributed by atoms with E-state index in [1.807, 2.05) is 7.05 Å². The summed E-state index contributed by atoms with van der Waals surface area (Å²) in [7, 11) is 3.70. The van der Waals surface area contributed by atoms with Gasteiger partial charge < -0.3 is 14.8 Å². The van der Waals surface area contributed by atoms with Crippen LogP contribution in [-0.2, 0) is 9.47 Å². The molecule has 0 aromatic rings. The van der Waals surface area contributed by atoms with Crippen molar-refractivity contribution in [2.45, 2.75) is 51.2 Å². The Morgan fingerprint density at radius 2 is 2.19 bits per heavy atom. The van der Waals surface area contributed by atoms with Crippen LogP contribution in [0.15, 0.2) is 0 Å². The molecule has 3 unspecified atom stereocenters. The van der Waals surface area contributed by atoms with Gasteiger partial charge in [-0.25, -0.2) is 0 Å². The summed E-state index contributed by atoms with van der Waals surface area (Å²) in [6.45, 7) is 3.85. The second kappa shape index (κ2) is 8.04. The molecule has 0 spiro atoms. The van der Waals surface area contributed by atoms with E-state index in [0.717, 1.165) is 12.5 Å². The van der Waals surface area contributed by atoms with Crippen molar-refractivity contribution in [1.29, 1.82) is 0 Å². The second-order valence-electron chi connectivity index (χ2n) is 4.83. The number of hydrogen-bond donors (Lipinski definition) is 1. The number of hydrogen-bond acceptors (Lipinski definition) is 3. The molecule has 0 aromatic heterocycles. The van der Waals surface area contributed by atoms with Gasteiger partial charge in [0, 0.05) is 13.7 Å². The lowest BCUT2D eigenvalue weighted by Crippen LogP contribution is -2.36. The number of nitrogens with one attached hydrogen (secondary N) is 1. The Morgan fingerprint density at radius 3 is 2.81 bits per heavy atom. The third-order valence-corrected chi connectivity index (χ3v) is 3.48. The third kappa shape index (κ3) is 4.81. The zero-order valence-corrected chi connectivity index (χ0v) is 11.0. The predicted octanol–water partition coefficient (Wildman–Crippen LogP) is 2.21. The SMILES string of the molecule is CCC1CCCC(OC(CNC)COC)C1. The lowest BCUT2D eigenvalue weighted by Gasteiger charge is -2.31. The number of methoxy groups -OCH3 is 1. The lowest BCUT2D eigenvalue weighted by atomic mass is 9.85.